The Hall–Kier alpha value is -1.94. The molecule has 0 aliphatic heterocycles. The lowest BCUT2D eigenvalue weighted by atomic mass is 9.93. The summed E-state index contributed by atoms with van der Waals surface area (Å²) in [6, 6.07) is 0. The van der Waals surface area contributed by atoms with Crippen LogP contribution >= 0.6 is 0 Å². The minimum Gasteiger partial charge on any atom is -0.378 e. The Labute approximate surface area is 253 Å². The van der Waals surface area contributed by atoms with Crippen molar-refractivity contribution < 1.29 is 128 Å². The zero-order chi connectivity index (χ0) is 39.9. The van der Waals surface area contributed by atoms with Crippen molar-refractivity contribution in [3.63, 3.8) is 0 Å². The maximum absolute atomic E-state index is 13.7. The van der Waals surface area contributed by atoms with Crippen LogP contribution in [0.4, 0.5) is 114 Å². The summed E-state index contributed by atoms with van der Waals surface area (Å²) in [5, 5.41) is 0. The molecule has 0 N–H and O–H groups in total. The highest BCUT2D eigenvalue weighted by Crippen LogP contribution is 2.62. The van der Waals surface area contributed by atoms with Crippen LogP contribution in [0.15, 0.2) is 0 Å². The molecule has 0 aromatic carbocycles. The van der Waals surface area contributed by atoms with E-state index in [-0.39, 0.29) is 0 Å². The van der Waals surface area contributed by atoms with E-state index in [0.717, 1.165) is 0 Å². The standard InChI is InChI=1S/C20H16F26O3/c1-47-8(6-48-4-2-9(21,22)11(25,26)13(29,30)15(33,34)17(37,38)19(41,42)43)7-49-5-3-10(23,24)12(27,28)14(31,32)16(35,36)18(39,40)20(44,45)46/h8H,2-7H2,1H3. The molecule has 0 bridgehead atoms. The van der Waals surface area contributed by atoms with Gasteiger partial charge < -0.3 is 14.2 Å². The Balaban J connectivity index is 5.44. The van der Waals surface area contributed by atoms with Gasteiger partial charge in [-0.05, 0) is 0 Å². The first-order chi connectivity index (χ1) is 21.1. The van der Waals surface area contributed by atoms with Gasteiger partial charge in [0.15, 0.2) is 0 Å². The predicted molar refractivity (Wildman–Crippen MR) is 103 cm³/mol. The lowest BCUT2D eigenvalue weighted by molar-refractivity contribution is -0.440. The van der Waals surface area contributed by atoms with Gasteiger partial charge in [0.2, 0.25) is 0 Å². The first-order valence-electron chi connectivity index (χ1n) is 11.7. The SMILES string of the molecule is COC(COCCC(F)(F)C(F)(F)C(F)(F)C(F)(F)C(F)(F)C(F)(F)F)COCCC(F)(F)C(F)(F)C(F)(F)C(F)(F)C(F)(F)C(F)(F)F. The van der Waals surface area contributed by atoms with Crippen LogP contribution in [-0.4, -0.2) is 111 Å². The van der Waals surface area contributed by atoms with E-state index in [1.807, 2.05) is 0 Å². The fourth-order valence-electron chi connectivity index (χ4n) is 2.93. The molecule has 3 nitrogen and oxygen atoms in total. The Bertz CT molecular complexity index is 995. The van der Waals surface area contributed by atoms with Crippen molar-refractivity contribution in [3.8, 4) is 0 Å². The average Bonchev–Trinajstić information content (AvgIpc) is 2.89. The number of rotatable bonds is 19. The first-order valence-corrected chi connectivity index (χ1v) is 11.7. The molecule has 0 amide bonds. The zero-order valence-corrected chi connectivity index (χ0v) is 22.9. The van der Waals surface area contributed by atoms with E-state index in [4.69, 9.17) is 0 Å². The normalized spacial score (nSPS) is 16.2. The summed E-state index contributed by atoms with van der Waals surface area (Å²) in [6.45, 7) is -6.79. The van der Waals surface area contributed by atoms with Gasteiger partial charge in [-0.15, -0.1) is 0 Å². The molecule has 0 saturated heterocycles. The van der Waals surface area contributed by atoms with Crippen molar-refractivity contribution in [2.45, 2.75) is 90.5 Å². The highest BCUT2D eigenvalue weighted by Gasteiger charge is 2.92. The molecule has 0 aliphatic carbocycles. The second-order valence-electron chi connectivity index (χ2n) is 9.51. The lowest BCUT2D eigenvalue weighted by Gasteiger charge is -2.39. The molecule has 49 heavy (non-hydrogen) atoms. The molecule has 0 aliphatic rings. The molecule has 0 spiro atoms. The molecular formula is C20H16F26O3. The summed E-state index contributed by atoms with van der Waals surface area (Å²) in [4.78, 5) is 0. The Morgan fingerprint density at radius 1 is 0.347 bits per heavy atom. The Morgan fingerprint density at radius 2 is 0.571 bits per heavy atom. The van der Waals surface area contributed by atoms with Gasteiger partial charge in [-0.2, -0.15) is 114 Å². The van der Waals surface area contributed by atoms with Gasteiger partial charge in [0.05, 0.1) is 26.4 Å². The first kappa shape index (κ1) is 47.1. The van der Waals surface area contributed by atoms with Crippen LogP contribution in [0.2, 0.25) is 0 Å². The number of ether oxygens (including phenoxy) is 3. The number of hydrogen-bond donors (Lipinski definition) is 0. The van der Waals surface area contributed by atoms with Crippen molar-refractivity contribution in [3.05, 3.63) is 0 Å². The topological polar surface area (TPSA) is 27.7 Å². The van der Waals surface area contributed by atoms with Crippen LogP contribution in [0.5, 0.6) is 0 Å². The van der Waals surface area contributed by atoms with Crippen LogP contribution in [0.3, 0.4) is 0 Å². The van der Waals surface area contributed by atoms with E-state index in [0.29, 0.717) is 7.11 Å². The van der Waals surface area contributed by atoms with Crippen molar-refractivity contribution in [2.75, 3.05) is 33.5 Å². The number of alkyl halides is 26. The van der Waals surface area contributed by atoms with Crippen LogP contribution in [0.25, 0.3) is 0 Å². The molecule has 0 saturated carbocycles. The van der Waals surface area contributed by atoms with Gasteiger partial charge in [0.25, 0.3) is 0 Å². The van der Waals surface area contributed by atoms with Gasteiger partial charge in [-0.3, -0.25) is 0 Å². The van der Waals surface area contributed by atoms with E-state index < -0.39 is 117 Å². The van der Waals surface area contributed by atoms with E-state index in [2.05, 4.69) is 14.2 Å². The maximum Gasteiger partial charge on any atom is 0.460 e. The summed E-state index contributed by atoms with van der Waals surface area (Å²) in [5.41, 5.74) is 0. The third-order valence-corrected chi connectivity index (χ3v) is 6.06. The molecule has 0 aromatic rings. The average molecular weight is 798 g/mol. The maximum atomic E-state index is 13.7. The summed E-state index contributed by atoms with van der Waals surface area (Å²) in [7, 11) is 0.551. The zero-order valence-electron chi connectivity index (χ0n) is 22.9. The fourth-order valence-corrected chi connectivity index (χ4v) is 2.93. The van der Waals surface area contributed by atoms with E-state index in [9.17, 15) is 114 Å². The molecule has 0 rings (SSSR count). The largest absolute Gasteiger partial charge is 0.460 e. The third kappa shape index (κ3) is 7.95. The van der Waals surface area contributed by atoms with Crippen LogP contribution < -0.4 is 0 Å². The van der Waals surface area contributed by atoms with Gasteiger partial charge >= 0.3 is 71.6 Å². The van der Waals surface area contributed by atoms with Crippen LogP contribution in [-0.2, 0) is 14.2 Å². The van der Waals surface area contributed by atoms with Gasteiger partial charge in [-0.25, -0.2) is 0 Å². The predicted octanol–water partition coefficient (Wildman–Crippen LogP) is 9.29. The van der Waals surface area contributed by atoms with Gasteiger partial charge in [0, 0.05) is 20.0 Å². The summed E-state index contributed by atoms with van der Waals surface area (Å²) >= 11 is 0. The van der Waals surface area contributed by atoms with Crippen molar-refractivity contribution in [1.82, 2.24) is 0 Å². The second kappa shape index (κ2) is 13.9. The van der Waals surface area contributed by atoms with E-state index in [1.54, 1.807) is 0 Å². The molecule has 0 radical (unpaired) electrons. The van der Waals surface area contributed by atoms with Gasteiger partial charge in [0.1, 0.15) is 6.10 Å². The molecule has 0 unspecified atom stereocenters. The molecule has 0 atom stereocenters. The molecule has 296 valence electrons. The number of halogens is 26. The third-order valence-electron chi connectivity index (χ3n) is 6.06. The monoisotopic (exact) mass is 798 g/mol. The Morgan fingerprint density at radius 3 is 0.776 bits per heavy atom. The van der Waals surface area contributed by atoms with E-state index in [1.165, 1.54) is 0 Å². The number of hydrogen-bond acceptors (Lipinski definition) is 3. The minimum absolute atomic E-state index is 0.551. The summed E-state index contributed by atoms with van der Waals surface area (Å²) in [6.07, 6.45) is -23.0. The van der Waals surface area contributed by atoms with Crippen molar-refractivity contribution in [1.29, 1.82) is 0 Å². The summed E-state index contributed by atoms with van der Waals surface area (Å²) < 4.78 is 352. The number of methoxy groups -OCH3 is 1. The quantitative estimate of drug-likeness (QED) is 0.0964. The Kier molecular flexibility index (Phi) is 13.3. The van der Waals surface area contributed by atoms with E-state index >= 15 is 0 Å². The lowest BCUT2D eigenvalue weighted by Crippen LogP contribution is -2.70. The minimum atomic E-state index is -8.18. The highest BCUT2D eigenvalue weighted by atomic mass is 19.4. The highest BCUT2D eigenvalue weighted by molar-refractivity contribution is 5.11. The molecule has 0 aromatic heterocycles. The fraction of sp³-hybridized carbons (Fsp3) is 1.00. The molecular weight excluding hydrogens is 782 g/mol. The molecule has 0 fully saturated rings. The van der Waals surface area contributed by atoms with Crippen LogP contribution in [0.1, 0.15) is 12.8 Å². The van der Waals surface area contributed by atoms with Crippen LogP contribution in [0, 0.1) is 0 Å². The van der Waals surface area contributed by atoms with Crippen molar-refractivity contribution >= 4 is 0 Å². The van der Waals surface area contributed by atoms with Gasteiger partial charge in [-0.1, -0.05) is 0 Å². The molecule has 0 heterocycles. The van der Waals surface area contributed by atoms with Crippen molar-refractivity contribution in [2.24, 2.45) is 0 Å². The summed E-state index contributed by atoms with van der Waals surface area (Å²) in [5.74, 6) is -77.0. The second-order valence-corrected chi connectivity index (χ2v) is 9.51. The smallest absolute Gasteiger partial charge is 0.378 e. The molecule has 29 heteroatoms.